The van der Waals surface area contributed by atoms with E-state index in [4.69, 9.17) is 20.0 Å². The van der Waals surface area contributed by atoms with Crippen molar-refractivity contribution in [1.82, 2.24) is 4.98 Å². The van der Waals surface area contributed by atoms with Gasteiger partial charge in [-0.25, -0.2) is 0 Å². The number of nitrogens with two attached hydrogens (primary N) is 1. The van der Waals surface area contributed by atoms with Gasteiger partial charge in [-0.1, -0.05) is 35.5 Å². The molecule has 0 saturated carbocycles. The summed E-state index contributed by atoms with van der Waals surface area (Å²) in [5.74, 6) is 2.24. The monoisotopic (exact) mass is 403 g/mol. The lowest BCUT2D eigenvalue weighted by Gasteiger charge is -2.10. The van der Waals surface area contributed by atoms with Crippen LogP contribution in [0, 0.1) is 0 Å². The van der Waals surface area contributed by atoms with Gasteiger partial charge in [-0.3, -0.25) is 9.78 Å². The molecule has 4 rings (SSSR count). The number of pyridine rings is 1. The van der Waals surface area contributed by atoms with Gasteiger partial charge in [0.2, 0.25) is 11.8 Å². The zero-order valence-corrected chi connectivity index (χ0v) is 16.2. The maximum absolute atomic E-state index is 10.9. The first kappa shape index (κ1) is 19.4. The fourth-order valence-corrected chi connectivity index (χ4v) is 2.98. The standard InChI is InChI=1S/C23H21N3O4/c24-22(27)13-9-17-8-12-20(15-25-17)29-23-14-21(30-26-23)16-6-10-19(11-7-16)28-18-4-2-1-3-5-18/h1-8,10-12,15,21H,9,13-14H2,(H2,24,27)/t21-/m0/s1. The number of rotatable bonds is 7. The summed E-state index contributed by atoms with van der Waals surface area (Å²) in [6, 6.07) is 20.9. The van der Waals surface area contributed by atoms with Gasteiger partial charge in [0.1, 0.15) is 17.2 Å². The van der Waals surface area contributed by atoms with Crippen molar-refractivity contribution in [3.05, 3.63) is 84.2 Å². The first-order chi connectivity index (χ1) is 14.7. The minimum Gasteiger partial charge on any atom is -0.457 e. The number of para-hydroxylation sites is 1. The van der Waals surface area contributed by atoms with Crippen molar-refractivity contribution in [2.75, 3.05) is 0 Å². The summed E-state index contributed by atoms with van der Waals surface area (Å²) in [5.41, 5.74) is 6.92. The third-order valence-electron chi connectivity index (χ3n) is 4.53. The second-order valence-electron chi connectivity index (χ2n) is 6.82. The Kier molecular flexibility index (Phi) is 5.89. The third kappa shape index (κ3) is 5.14. The molecule has 1 amide bonds. The molecule has 1 aliphatic rings. The summed E-state index contributed by atoms with van der Waals surface area (Å²) in [5, 5.41) is 4.04. The molecular formula is C23H21N3O4. The molecule has 0 fully saturated rings. The quantitative estimate of drug-likeness (QED) is 0.639. The van der Waals surface area contributed by atoms with Crippen LogP contribution in [-0.2, 0) is 16.1 Å². The highest BCUT2D eigenvalue weighted by Gasteiger charge is 2.24. The van der Waals surface area contributed by atoms with Gasteiger partial charge in [-0.05, 0) is 48.4 Å². The molecule has 2 aromatic carbocycles. The highest BCUT2D eigenvalue weighted by molar-refractivity contribution is 5.79. The molecule has 0 radical (unpaired) electrons. The first-order valence-corrected chi connectivity index (χ1v) is 9.62. The zero-order chi connectivity index (χ0) is 20.8. The number of primary amides is 1. The number of aryl methyl sites for hydroxylation is 1. The van der Waals surface area contributed by atoms with Gasteiger partial charge in [0, 0.05) is 12.1 Å². The van der Waals surface area contributed by atoms with E-state index in [0.717, 1.165) is 22.8 Å². The fourth-order valence-electron chi connectivity index (χ4n) is 2.98. The normalized spacial score (nSPS) is 15.2. The SMILES string of the molecule is NC(=O)CCc1ccc(OC2=NO[C@H](c3ccc(Oc4ccccc4)cc3)C2)cn1. The zero-order valence-electron chi connectivity index (χ0n) is 16.2. The Morgan fingerprint density at radius 1 is 0.967 bits per heavy atom. The minimum atomic E-state index is -0.347. The van der Waals surface area contributed by atoms with Crippen molar-refractivity contribution in [2.24, 2.45) is 10.9 Å². The number of hydrogen-bond acceptors (Lipinski definition) is 6. The van der Waals surface area contributed by atoms with E-state index in [2.05, 4.69) is 10.1 Å². The Morgan fingerprint density at radius 3 is 2.40 bits per heavy atom. The lowest BCUT2D eigenvalue weighted by atomic mass is 10.1. The number of ether oxygens (including phenoxy) is 2. The van der Waals surface area contributed by atoms with Gasteiger partial charge in [-0.15, -0.1) is 0 Å². The highest BCUT2D eigenvalue weighted by atomic mass is 16.7. The summed E-state index contributed by atoms with van der Waals surface area (Å²) in [4.78, 5) is 20.6. The minimum absolute atomic E-state index is 0.214. The molecule has 1 aliphatic heterocycles. The topological polar surface area (TPSA) is 96.0 Å². The number of aromatic nitrogens is 1. The Labute approximate surface area is 174 Å². The maximum Gasteiger partial charge on any atom is 0.235 e. The van der Waals surface area contributed by atoms with Crippen molar-refractivity contribution >= 4 is 11.8 Å². The number of carbonyl (C=O) groups is 1. The van der Waals surface area contributed by atoms with E-state index in [9.17, 15) is 4.79 Å². The molecule has 3 aromatic rings. The Morgan fingerprint density at radius 2 is 1.70 bits per heavy atom. The van der Waals surface area contributed by atoms with Gasteiger partial charge < -0.3 is 20.0 Å². The van der Waals surface area contributed by atoms with E-state index in [0.29, 0.717) is 24.5 Å². The van der Waals surface area contributed by atoms with Crippen LogP contribution in [0.4, 0.5) is 0 Å². The molecule has 0 bridgehead atoms. The van der Waals surface area contributed by atoms with Crippen LogP contribution >= 0.6 is 0 Å². The largest absolute Gasteiger partial charge is 0.457 e. The highest BCUT2D eigenvalue weighted by Crippen LogP contribution is 2.30. The predicted molar refractivity (Wildman–Crippen MR) is 111 cm³/mol. The molecule has 7 heteroatoms. The van der Waals surface area contributed by atoms with Gasteiger partial charge >= 0.3 is 0 Å². The molecule has 2 N–H and O–H groups in total. The van der Waals surface area contributed by atoms with E-state index >= 15 is 0 Å². The molecule has 152 valence electrons. The second kappa shape index (κ2) is 9.09. The molecule has 0 spiro atoms. The summed E-state index contributed by atoms with van der Waals surface area (Å²) in [6.45, 7) is 0. The molecular weight excluding hydrogens is 382 g/mol. The van der Waals surface area contributed by atoms with Crippen LogP contribution in [0.5, 0.6) is 17.2 Å². The molecule has 1 atom stereocenters. The molecule has 7 nitrogen and oxygen atoms in total. The smallest absolute Gasteiger partial charge is 0.235 e. The van der Waals surface area contributed by atoms with Crippen molar-refractivity contribution in [2.45, 2.75) is 25.4 Å². The number of hydrogen-bond donors (Lipinski definition) is 1. The van der Waals surface area contributed by atoms with E-state index in [-0.39, 0.29) is 18.4 Å². The number of benzene rings is 2. The van der Waals surface area contributed by atoms with Crippen molar-refractivity contribution in [3.63, 3.8) is 0 Å². The van der Waals surface area contributed by atoms with Gasteiger partial charge in [-0.2, -0.15) is 0 Å². The molecule has 30 heavy (non-hydrogen) atoms. The number of amides is 1. The van der Waals surface area contributed by atoms with Crippen LogP contribution in [0.25, 0.3) is 0 Å². The molecule has 0 saturated heterocycles. The Balaban J connectivity index is 1.30. The first-order valence-electron chi connectivity index (χ1n) is 9.62. The van der Waals surface area contributed by atoms with E-state index in [1.54, 1.807) is 18.3 Å². The van der Waals surface area contributed by atoms with Crippen molar-refractivity contribution in [1.29, 1.82) is 0 Å². The van der Waals surface area contributed by atoms with E-state index in [1.807, 2.05) is 54.6 Å². The number of carbonyl (C=O) groups excluding carboxylic acids is 1. The summed E-state index contributed by atoms with van der Waals surface area (Å²) >= 11 is 0. The number of nitrogens with zero attached hydrogens (tertiary/aromatic N) is 2. The molecule has 1 aromatic heterocycles. The molecule has 2 heterocycles. The van der Waals surface area contributed by atoms with Crippen LogP contribution in [0.15, 0.2) is 78.1 Å². The summed E-state index contributed by atoms with van der Waals surface area (Å²) in [6.07, 6.45) is 2.68. The maximum atomic E-state index is 10.9. The molecule has 0 aliphatic carbocycles. The average Bonchev–Trinajstić information content (AvgIpc) is 3.23. The lowest BCUT2D eigenvalue weighted by Crippen LogP contribution is -2.11. The lowest BCUT2D eigenvalue weighted by molar-refractivity contribution is -0.118. The predicted octanol–water partition coefficient (Wildman–Crippen LogP) is 4.15. The summed E-state index contributed by atoms with van der Waals surface area (Å²) in [7, 11) is 0. The van der Waals surface area contributed by atoms with Gasteiger partial charge in [0.05, 0.1) is 12.6 Å². The third-order valence-corrected chi connectivity index (χ3v) is 4.53. The Bertz CT molecular complexity index is 1020. The van der Waals surface area contributed by atoms with Crippen molar-refractivity contribution in [3.8, 4) is 17.2 Å². The fraction of sp³-hybridized carbons (Fsp3) is 0.174. The van der Waals surface area contributed by atoms with Crippen LogP contribution in [0.1, 0.15) is 30.2 Å². The van der Waals surface area contributed by atoms with Gasteiger partial charge in [0.25, 0.3) is 0 Å². The van der Waals surface area contributed by atoms with E-state index in [1.165, 1.54) is 0 Å². The van der Waals surface area contributed by atoms with Gasteiger partial charge in [0.15, 0.2) is 6.10 Å². The number of oxime groups is 1. The van der Waals surface area contributed by atoms with Crippen LogP contribution in [-0.4, -0.2) is 16.8 Å². The Hall–Kier alpha value is -3.87. The van der Waals surface area contributed by atoms with E-state index < -0.39 is 0 Å². The van der Waals surface area contributed by atoms with Crippen LogP contribution < -0.4 is 15.2 Å². The second-order valence-corrected chi connectivity index (χ2v) is 6.82. The van der Waals surface area contributed by atoms with Crippen molar-refractivity contribution < 1.29 is 19.1 Å². The van der Waals surface area contributed by atoms with Crippen LogP contribution in [0.2, 0.25) is 0 Å². The summed E-state index contributed by atoms with van der Waals surface area (Å²) < 4.78 is 11.6. The molecule has 0 unspecified atom stereocenters. The average molecular weight is 403 g/mol. The van der Waals surface area contributed by atoms with Crippen LogP contribution in [0.3, 0.4) is 0 Å².